The first-order chi connectivity index (χ1) is 17.2. The van der Waals surface area contributed by atoms with Crippen LogP contribution in [0.4, 0.5) is 11.4 Å². The number of hydrogen-bond acceptors (Lipinski definition) is 5. The predicted molar refractivity (Wildman–Crippen MR) is 147 cm³/mol. The number of aryl methyl sites for hydroxylation is 1. The number of hydrogen-bond donors (Lipinski definition) is 1. The number of anilines is 2. The molecule has 1 amide bonds. The maximum atomic E-state index is 13.4. The van der Waals surface area contributed by atoms with Crippen molar-refractivity contribution in [2.24, 2.45) is 0 Å². The second kappa shape index (κ2) is 10.6. The van der Waals surface area contributed by atoms with Crippen LogP contribution in [0.15, 0.2) is 76.8 Å². The van der Waals surface area contributed by atoms with Gasteiger partial charge in [0.25, 0.3) is 11.7 Å². The van der Waals surface area contributed by atoms with Crippen molar-refractivity contribution < 1.29 is 19.4 Å². The second-order valence-corrected chi connectivity index (χ2v) is 9.82. The fraction of sp³-hybridized carbons (Fsp3) is 0.241. The minimum atomic E-state index is -0.799. The normalized spacial score (nSPS) is 16.9. The molecule has 6 nitrogen and oxygen atoms in total. The standard InChI is InChI=1S/C29H29BrN2O4/c1-5-15-36-23-8-6-7-22(17-23)32-26(19-9-12-21(13-10-19)31(3)4)25(28(34)29(32)35)27(33)20-11-14-24(30)18(2)16-20/h6-14,16-17,26,33H,5,15H2,1-4H3/b27-25+. The van der Waals surface area contributed by atoms with Crippen LogP contribution in [-0.2, 0) is 9.59 Å². The van der Waals surface area contributed by atoms with E-state index in [1.165, 1.54) is 4.90 Å². The molecule has 1 unspecified atom stereocenters. The van der Waals surface area contributed by atoms with Gasteiger partial charge in [-0.1, -0.05) is 47.1 Å². The Labute approximate surface area is 219 Å². The zero-order valence-electron chi connectivity index (χ0n) is 20.8. The SMILES string of the molecule is CCCOc1cccc(N2C(=O)C(=O)/C(=C(/O)c3ccc(Br)c(C)c3)C2c2ccc(N(C)C)cc2)c1. The number of amides is 1. The van der Waals surface area contributed by atoms with Crippen molar-refractivity contribution >= 4 is 44.8 Å². The third kappa shape index (κ3) is 4.88. The van der Waals surface area contributed by atoms with E-state index in [0.717, 1.165) is 27.7 Å². The van der Waals surface area contributed by atoms with Gasteiger partial charge < -0.3 is 14.7 Å². The summed E-state index contributed by atoms with van der Waals surface area (Å²) < 4.78 is 6.66. The highest BCUT2D eigenvalue weighted by molar-refractivity contribution is 9.10. The number of Topliss-reactive ketones (excluding diaryl/α,β-unsaturated/α-hetero) is 1. The van der Waals surface area contributed by atoms with Crippen molar-refractivity contribution in [3.05, 3.63) is 93.5 Å². The van der Waals surface area contributed by atoms with Crippen molar-refractivity contribution in [1.82, 2.24) is 0 Å². The Hall–Kier alpha value is -3.58. The van der Waals surface area contributed by atoms with Gasteiger partial charge in [-0.15, -0.1) is 0 Å². The molecule has 186 valence electrons. The van der Waals surface area contributed by atoms with Gasteiger partial charge in [-0.2, -0.15) is 0 Å². The molecule has 36 heavy (non-hydrogen) atoms. The number of ketones is 1. The van der Waals surface area contributed by atoms with Gasteiger partial charge in [0.15, 0.2) is 0 Å². The molecule has 0 radical (unpaired) electrons. The number of aliphatic hydroxyl groups is 1. The number of benzene rings is 3. The van der Waals surface area contributed by atoms with Gasteiger partial charge in [-0.25, -0.2) is 0 Å². The molecule has 1 aliphatic heterocycles. The first-order valence-corrected chi connectivity index (χ1v) is 12.6. The molecule has 3 aromatic carbocycles. The molecular weight excluding hydrogens is 520 g/mol. The van der Waals surface area contributed by atoms with Gasteiger partial charge in [-0.05, 0) is 60.9 Å². The van der Waals surface area contributed by atoms with Crippen LogP contribution < -0.4 is 14.5 Å². The maximum absolute atomic E-state index is 13.4. The van der Waals surface area contributed by atoms with Crippen LogP contribution in [0.1, 0.15) is 36.1 Å². The summed E-state index contributed by atoms with van der Waals surface area (Å²) in [4.78, 5) is 30.3. The molecule has 7 heteroatoms. The summed E-state index contributed by atoms with van der Waals surface area (Å²) in [7, 11) is 3.89. The van der Waals surface area contributed by atoms with Gasteiger partial charge in [0.2, 0.25) is 0 Å². The van der Waals surface area contributed by atoms with Crippen molar-refractivity contribution in [2.75, 3.05) is 30.5 Å². The summed E-state index contributed by atoms with van der Waals surface area (Å²) >= 11 is 3.47. The third-order valence-electron chi connectivity index (χ3n) is 6.17. The highest BCUT2D eigenvalue weighted by Crippen LogP contribution is 2.43. The lowest BCUT2D eigenvalue weighted by atomic mass is 9.94. The molecule has 1 N–H and O–H groups in total. The van der Waals surface area contributed by atoms with E-state index in [2.05, 4.69) is 15.9 Å². The van der Waals surface area contributed by atoms with Gasteiger partial charge in [0.1, 0.15) is 11.5 Å². The molecule has 1 atom stereocenters. The lowest BCUT2D eigenvalue weighted by Gasteiger charge is -2.26. The first kappa shape index (κ1) is 25.5. The molecular formula is C29H29BrN2O4. The molecule has 1 fully saturated rings. The van der Waals surface area contributed by atoms with E-state index >= 15 is 0 Å². The zero-order chi connectivity index (χ0) is 26.0. The Kier molecular flexibility index (Phi) is 7.50. The Morgan fingerprint density at radius 3 is 2.42 bits per heavy atom. The fourth-order valence-electron chi connectivity index (χ4n) is 4.26. The minimum Gasteiger partial charge on any atom is -0.507 e. The minimum absolute atomic E-state index is 0.0548. The van der Waals surface area contributed by atoms with Crippen LogP contribution in [0.25, 0.3) is 5.76 Å². The number of carbonyl (C=O) groups excluding carboxylic acids is 2. The molecule has 0 saturated carbocycles. The molecule has 1 aliphatic rings. The van der Waals surface area contributed by atoms with Gasteiger partial charge in [-0.3, -0.25) is 14.5 Å². The number of nitrogens with zero attached hydrogens (tertiary/aromatic N) is 2. The zero-order valence-corrected chi connectivity index (χ0v) is 22.4. The largest absolute Gasteiger partial charge is 0.507 e. The summed E-state index contributed by atoms with van der Waals surface area (Å²) in [6.07, 6.45) is 0.847. The highest BCUT2D eigenvalue weighted by atomic mass is 79.9. The van der Waals surface area contributed by atoms with E-state index in [0.29, 0.717) is 23.6 Å². The van der Waals surface area contributed by atoms with Crippen molar-refractivity contribution in [1.29, 1.82) is 0 Å². The molecule has 4 rings (SSSR count). The van der Waals surface area contributed by atoms with Gasteiger partial charge >= 0.3 is 0 Å². The van der Waals surface area contributed by atoms with Crippen LogP contribution in [0.5, 0.6) is 5.75 Å². The average molecular weight is 549 g/mol. The number of aliphatic hydroxyl groups excluding tert-OH is 1. The van der Waals surface area contributed by atoms with E-state index in [4.69, 9.17) is 4.74 Å². The fourth-order valence-corrected chi connectivity index (χ4v) is 4.51. The Morgan fingerprint density at radius 1 is 1.06 bits per heavy atom. The summed E-state index contributed by atoms with van der Waals surface area (Å²) in [6.45, 7) is 4.46. The van der Waals surface area contributed by atoms with E-state index in [9.17, 15) is 14.7 Å². The molecule has 0 spiro atoms. The monoisotopic (exact) mass is 548 g/mol. The third-order valence-corrected chi connectivity index (χ3v) is 7.06. The van der Waals surface area contributed by atoms with Gasteiger partial charge in [0, 0.05) is 41.6 Å². The van der Waals surface area contributed by atoms with E-state index in [1.54, 1.807) is 30.3 Å². The topological polar surface area (TPSA) is 70.1 Å². The summed E-state index contributed by atoms with van der Waals surface area (Å²) in [5.41, 5.74) is 3.66. The molecule has 1 heterocycles. The quantitative estimate of drug-likeness (QED) is 0.215. The molecule has 1 saturated heterocycles. The lowest BCUT2D eigenvalue weighted by Crippen LogP contribution is -2.29. The summed E-state index contributed by atoms with van der Waals surface area (Å²) in [6, 6.07) is 19.3. The molecule has 0 aromatic heterocycles. The van der Waals surface area contributed by atoms with E-state index in [1.807, 2.05) is 69.2 Å². The number of halogens is 1. The van der Waals surface area contributed by atoms with E-state index in [-0.39, 0.29) is 11.3 Å². The van der Waals surface area contributed by atoms with Crippen LogP contribution in [0.3, 0.4) is 0 Å². The molecule has 3 aromatic rings. The Bertz CT molecular complexity index is 1330. The maximum Gasteiger partial charge on any atom is 0.300 e. The smallest absolute Gasteiger partial charge is 0.300 e. The molecule has 0 bridgehead atoms. The summed E-state index contributed by atoms with van der Waals surface area (Å²) in [5, 5.41) is 11.4. The van der Waals surface area contributed by atoms with Gasteiger partial charge in [0.05, 0.1) is 18.2 Å². The molecule has 0 aliphatic carbocycles. The van der Waals surface area contributed by atoms with E-state index < -0.39 is 17.7 Å². The van der Waals surface area contributed by atoms with Crippen LogP contribution >= 0.6 is 15.9 Å². The van der Waals surface area contributed by atoms with Crippen LogP contribution in [-0.4, -0.2) is 37.5 Å². The van der Waals surface area contributed by atoms with Crippen LogP contribution in [0.2, 0.25) is 0 Å². The lowest BCUT2D eigenvalue weighted by molar-refractivity contribution is -0.132. The van der Waals surface area contributed by atoms with Crippen molar-refractivity contribution in [3.8, 4) is 5.75 Å². The van der Waals surface area contributed by atoms with Crippen LogP contribution in [0, 0.1) is 6.92 Å². The number of carbonyl (C=O) groups is 2. The second-order valence-electron chi connectivity index (χ2n) is 8.96. The average Bonchev–Trinajstić information content (AvgIpc) is 3.14. The van der Waals surface area contributed by atoms with Crippen molar-refractivity contribution in [3.63, 3.8) is 0 Å². The number of ether oxygens (including phenoxy) is 1. The Morgan fingerprint density at radius 2 is 1.78 bits per heavy atom. The number of rotatable bonds is 7. The predicted octanol–water partition coefficient (Wildman–Crippen LogP) is 6.24. The highest BCUT2D eigenvalue weighted by Gasteiger charge is 2.47. The summed E-state index contributed by atoms with van der Waals surface area (Å²) in [5.74, 6) is -1.01. The van der Waals surface area contributed by atoms with Crippen molar-refractivity contribution in [2.45, 2.75) is 26.3 Å². The Balaban J connectivity index is 1.90. The first-order valence-electron chi connectivity index (χ1n) is 11.8.